The lowest BCUT2D eigenvalue weighted by Crippen LogP contribution is -2.46. The minimum Gasteiger partial charge on any atom is -0.382 e. The molecule has 3 N–H and O–H groups in total. The molecule has 220 valence electrons. The topological polar surface area (TPSA) is 165 Å². The van der Waals surface area contributed by atoms with Crippen LogP contribution in [0.1, 0.15) is 61.3 Å². The van der Waals surface area contributed by atoms with Gasteiger partial charge < -0.3 is 15.6 Å². The van der Waals surface area contributed by atoms with E-state index in [9.17, 15) is 13.2 Å². The largest absolute Gasteiger partial charge is 0.382 e. The Morgan fingerprint density at radius 1 is 1.05 bits per heavy atom. The Hall–Kier alpha value is -4.65. The van der Waals surface area contributed by atoms with Crippen molar-refractivity contribution in [3.63, 3.8) is 0 Å². The summed E-state index contributed by atoms with van der Waals surface area (Å²) in [7, 11) is -3.75. The van der Waals surface area contributed by atoms with Gasteiger partial charge in [-0.2, -0.15) is 9.61 Å². The molecule has 1 amide bonds. The van der Waals surface area contributed by atoms with Crippen molar-refractivity contribution in [1.82, 2.24) is 39.7 Å². The van der Waals surface area contributed by atoms with Gasteiger partial charge in [0.2, 0.25) is 5.82 Å². The number of nitrogens with two attached hydrogens (primary N) is 1. The highest BCUT2D eigenvalue weighted by atomic mass is 32.2. The van der Waals surface area contributed by atoms with E-state index >= 15 is 0 Å². The minimum absolute atomic E-state index is 0.0495. The fraction of sp³-hybridized carbons (Fsp3) is 0.333. The van der Waals surface area contributed by atoms with Crippen LogP contribution >= 0.6 is 0 Å². The van der Waals surface area contributed by atoms with Gasteiger partial charge >= 0.3 is 0 Å². The number of benzene rings is 1. The summed E-state index contributed by atoms with van der Waals surface area (Å²) in [5, 5.41) is 12.1. The Bertz CT molecular complexity index is 1890. The number of amides is 1. The highest BCUT2D eigenvalue weighted by molar-refractivity contribution is 7.91. The van der Waals surface area contributed by atoms with Gasteiger partial charge in [0.1, 0.15) is 17.0 Å². The number of nitrogens with one attached hydrogen (secondary N) is 1. The highest BCUT2D eigenvalue weighted by Gasteiger charge is 2.46. The lowest BCUT2D eigenvalue weighted by atomic mass is 9.87. The van der Waals surface area contributed by atoms with Crippen LogP contribution in [0, 0.1) is 0 Å². The molecule has 7 rings (SSSR count). The molecular weight excluding hydrogens is 566 g/mol. The lowest BCUT2D eigenvalue weighted by molar-refractivity contribution is 0.0556. The molecule has 12 nitrogen and oxygen atoms in total. The summed E-state index contributed by atoms with van der Waals surface area (Å²) in [5.74, 6) is -0.171. The van der Waals surface area contributed by atoms with Crippen molar-refractivity contribution >= 4 is 27.2 Å². The van der Waals surface area contributed by atoms with Crippen molar-refractivity contribution in [2.45, 2.75) is 61.9 Å². The van der Waals surface area contributed by atoms with Crippen LogP contribution in [0.3, 0.4) is 0 Å². The second kappa shape index (κ2) is 10.6. The van der Waals surface area contributed by atoms with E-state index < -0.39 is 9.84 Å². The first-order chi connectivity index (χ1) is 20.9. The van der Waals surface area contributed by atoms with E-state index in [1.54, 1.807) is 12.4 Å². The molecule has 2 aliphatic heterocycles. The van der Waals surface area contributed by atoms with Crippen LogP contribution in [0.2, 0.25) is 0 Å². The van der Waals surface area contributed by atoms with Gasteiger partial charge in [0.25, 0.3) is 5.91 Å². The summed E-state index contributed by atoms with van der Waals surface area (Å²) in [6.07, 6.45) is 8.06. The molecule has 0 spiro atoms. The molecular formula is C30H31N9O3S. The number of anilines is 1. The summed E-state index contributed by atoms with van der Waals surface area (Å²) in [6, 6.07) is 13.7. The number of hydrogen-bond acceptors (Lipinski definition) is 9. The molecule has 2 bridgehead atoms. The van der Waals surface area contributed by atoms with Crippen LogP contribution in [0.4, 0.5) is 5.82 Å². The monoisotopic (exact) mass is 597 g/mol. The summed E-state index contributed by atoms with van der Waals surface area (Å²) < 4.78 is 28.7. The SMILES string of the molecule is CCCS(=O)(=O)c1c([C@@H]2C[C@H]3CC[C@@H](C2)N3C(=O)c2nnc[nH]2)nc2c(-c3ccc(-c4ccccc4)nc3)cnn2c1N. The Morgan fingerprint density at radius 2 is 1.81 bits per heavy atom. The van der Waals surface area contributed by atoms with Crippen molar-refractivity contribution < 1.29 is 13.2 Å². The fourth-order valence-electron chi connectivity index (χ4n) is 6.68. The summed E-state index contributed by atoms with van der Waals surface area (Å²) >= 11 is 0. The van der Waals surface area contributed by atoms with Crippen LogP contribution in [-0.4, -0.2) is 71.8 Å². The average Bonchev–Trinajstić information content (AvgIpc) is 3.76. The van der Waals surface area contributed by atoms with E-state index in [2.05, 4.69) is 25.3 Å². The van der Waals surface area contributed by atoms with Gasteiger partial charge in [0.15, 0.2) is 15.5 Å². The van der Waals surface area contributed by atoms with E-state index in [1.165, 1.54) is 10.8 Å². The summed E-state index contributed by atoms with van der Waals surface area (Å²) in [4.78, 5) is 27.7. The van der Waals surface area contributed by atoms with Crippen molar-refractivity contribution in [3.8, 4) is 22.4 Å². The van der Waals surface area contributed by atoms with Gasteiger partial charge in [0.05, 0.1) is 23.3 Å². The lowest BCUT2D eigenvalue weighted by Gasteiger charge is -2.38. The predicted octanol–water partition coefficient (Wildman–Crippen LogP) is 3.89. The quantitative estimate of drug-likeness (QED) is 0.283. The highest BCUT2D eigenvalue weighted by Crippen LogP contribution is 2.46. The van der Waals surface area contributed by atoms with Gasteiger partial charge in [-0.05, 0) is 38.2 Å². The van der Waals surface area contributed by atoms with Crippen molar-refractivity contribution in [3.05, 3.63) is 72.7 Å². The number of aromatic amines is 1. The second-order valence-corrected chi connectivity index (χ2v) is 13.3. The predicted molar refractivity (Wildman–Crippen MR) is 160 cm³/mol. The molecule has 0 radical (unpaired) electrons. The van der Waals surface area contributed by atoms with Crippen LogP contribution in [0.15, 0.2) is 66.1 Å². The molecule has 2 saturated heterocycles. The van der Waals surface area contributed by atoms with Crippen molar-refractivity contribution in [1.29, 1.82) is 0 Å². The zero-order valence-corrected chi connectivity index (χ0v) is 24.4. The first-order valence-corrected chi connectivity index (χ1v) is 16.1. The Kier molecular flexibility index (Phi) is 6.68. The van der Waals surface area contributed by atoms with Crippen LogP contribution in [0.5, 0.6) is 0 Å². The molecule has 3 atom stereocenters. The average molecular weight is 598 g/mol. The van der Waals surface area contributed by atoms with E-state index in [4.69, 9.17) is 10.7 Å². The molecule has 2 fully saturated rings. The number of H-pyrrole nitrogens is 1. The molecule has 43 heavy (non-hydrogen) atoms. The number of piperidine rings is 1. The van der Waals surface area contributed by atoms with Crippen LogP contribution < -0.4 is 5.73 Å². The first-order valence-electron chi connectivity index (χ1n) is 14.5. The van der Waals surface area contributed by atoms with E-state index in [0.717, 1.165) is 29.7 Å². The number of carbonyl (C=O) groups is 1. The third-order valence-electron chi connectivity index (χ3n) is 8.57. The molecule has 6 heterocycles. The van der Waals surface area contributed by atoms with Crippen LogP contribution in [0.25, 0.3) is 28.0 Å². The number of pyridine rings is 1. The number of fused-ring (bicyclic) bond motifs is 3. The Morgan fingerprint density at radius 3 is 2.47 bits per heavy atom. The molecule has 4 aromatic heterocycles. The third kappa shape index (κ3) is 4.63. The number of sulfone groups is 1. The van der Waals surface area contributed by atoms with Crippen molar-refractivity contribution in [2.24, 2.45) is 0 Å². The van der Waals surface area contributed by atoms with Gasteiger partial charge in [-0.25, -0.2) is 13.4 Å². The Balaban J connectivity index is 1.30. The van der Waals surface area contributed by atoms with Gasteiger partial charge in [-0.1, -0.05) is 43.3 Å². The van der Waals surface area contributed by atoms with Gasteiger partial charge in [-0.3, -0.25) is 9.78 Å². The zero-order chi connectivity index (χ0) is 29.7. The van der Waals surface area contributed by atoms with E-state index in [-0.39, 0.29) is 46.2 Å². The normalized spacial score (nSPS) is 20.1. The molecule has 13 heteroatoms. The number of nitrogens with zero attached hydrogens (tertiary/aromatic N) is 7. The third-order valence-corrected chi connectivity index (χ3v) is 10.6. The van der Waals surface area contributed by atoms with E-state index in [0.29, 0.717) is 36.2 Å². The minimum atomic E-state index is -3.75. The van der Waals surface area contributed by atoms with Crippen molar-refractivity contribution in [2.75, 3.05) is 11.5 Å². The van der Waals surface area contributed by atoms with Gasteiger partial charge in [0, 0.05) is 40.9 Å². The second-order valence-electron chi connectivity index (χ2n) is 11.2. The molecule has 5 aromatic rings. The Labute approximate surface area is 248 Å². The van der Waals surface area contributed by atoms with Gasteiger partial charge in [-0.15, -0.1) is 10.2 Å². The number of rotatable bonds is 7. The number of hydrogen-bond donors (Lipinski definition) is 2. The van der Waals surface area contributed by atoms with Crippen LogP contribution in [-0.2, 0) is 9.84 Å². The maximum Gasteiger partial charge on any atom is 0.292 e. The molecule has 2 aliphatic rings. The number of carbonyl (C=O) groups excluding carboxylic acids is 1. The van der Waals surface area contributed by atoms with E-state index in [1.807, 2.05) is 54.3 Å². The smallest absolute Gasteiger partial charge is 0.292 e. The fourth-order valence-corrected chi connectivity index (χ4v) is 8.36. The number of nitrogen functional groups attached to an aromatic ring is 1. The molecule has 0 aliphatic carbocycles. The first kappa shape index (κ1) is 27.2. The summed E-state index contributed by atoms with van der Waals surface area (Å²) in [5.41, 5.74) is 10.9. The maximum atomic E-state index is 13.7. The molecule has 0 unspecified atom stereocenters. The summed E-state index contributed by atoms with van der Waals surface area (Å²) in [6.45, 7) is 1.82. The number of aromatic nitrogens is 7. The molecule has 0 saturated carbocycles. The zero-order valence-electron chi connectivity index (χ0n) is 23.6. The standard InChI is InChI=1S/C30H31N9O3S/c1-2-12-43(41,42)26-25(20-13-21-9-10-22(14-20)38(21)30(40)28-33-17-34-37-28)36-29-23(16-35-39(29)27(26)31)19-8-11-24(32-15-19)18-6-4-3-5-7-18/h3-8,11,15-17,20-22H,2,9-10,12-14,31H2,1H3,(H,33,34,37)/t20-,21-,22+. The maximum absolute atomic E-state index is 13.7. The molecule has 1 aromatic carbocycles.